The average Bonchev–Trinajstić information content (AvgIpc) is 3.42. The third-order valence-corrected chi connectivity index (χ3v) is 6.08. The van der Waals surface area contributed by atoms with E-state index in [4.69, 9.17) is 11.6 Å². The van der Waals surface area contributed by atoms with E-state index < -0.39 is 0 Å². The predicted octanol–water partition coefficient (Wildman–Crippen LogP) is 4.59. The zero-order valence-electron chi connectivity index (χ0n) is 19.1. The summed E-state index contributed by atoms with van der Waals surface area (Å²) in [6.07, 6.45) is 4.35. The van der Waals surface area contributed by atoms with Gasteiger partial charge in [-0.1, -0.05) is 63.1 Å². The Kier molecular flexibility index (Phi) is 7.03. The molecule has 0 amide bonds. The third kappa shape index (κ3) is 4.90. The van der Waals surface area contributed by atoms with E-state index in [0.29, 0.717) is 30.0 Å². The fourth-order valence-electron chi connectivity index (χ4n) is 3.88. The van der Waals surface area contributed by atoms with E-state index in [2.05, 4.69) is 46.4 Å². The third-order valence-electron chi connectivity index (χ3n) is 5.66. The summed E-state index contributed by atoms with van der Waals surface area (Å²) < 4.78 is 3.53. The molecule has 4 aromatic rings. The van der Waals surface area contributed by atoms with Gasteiger partial charge in [0.05, 0.1) is 17.9 Å². The summed E-state index contributed by atoms with van der Waals surface area (Å²) >= 11 is 6.65. The normalized spacial score (nSPS) is 11.4. The lowest BCUT2D eigenvalue weighted by molar-refractivity contribution is 0.503. The van der Waals surface area contributed by atoms with E-state index in [-0.39, 0.29) is 5.69 Å². The molecule has 3 aromatic heterocycles. The van der Waals surface area contributed by atoms with Gasteiger partial charge in [-0.05, 0) is 46.9 Å². The van der Waals surface area contributed by atoms with Crippen LogP contribution in [0.4, 0.5) is 0 Å². The Labute approximate surface area is 197 Å². The summed E-state index contributed by atoms with van der Waals surface area (Å²) in [5.74, 6) is 1.07. The second kappa shape index (κ2) is 10.1. The van der Waals surface area contributed by atoms with Crippen LogP contribution in [0, 0.1) is 5.92 Å². The first-order valence-corrected chi connectivity index (χ1v) is 11.6. The molecule has 0 saturated carbocycles. The highest BCUT2D eigenvalue weighted by molar-refractivity contribution is 6.30. The second-order valence-corrected chi connectivity index (χ2v) is 8.89. The molecule has 3 heterocycles. The van der Waals surface area contributed by atoms with Gasteiger partial charge in [0.25, 0.3) is 0 Å². The molecule has 1 N–H and O–H groups in total. The molecule has 0 bridgehead atoms. The molecule has 0 fully saturated rings. The van der Waals surface area contributed by atoms with E-state index in [1.165, 1.54) is 0 Å². The number of rotatable bonds is 9. The topological polar surface area (TPSA) is 94.3 Å². The number of hydrogen-bond acceptors (Lipinski definition) is 5. The number of hydrogen-bond donors (Lipinski definition) is 1. The van der Waals surface area contributed by atoms with Gasteiger partial charge in [-0.2, -0.15) is 0 Å². The standard InChI is InChI=1S/C24H28ClN7O/c1-4-6-20-22(25)31(14-12-16(2)3)24(33)32(20)15-17-8-10-18(11-9-17)21-19(7-5-13-26-21)23-27-29-30-28-23/h5,7-11,13,16H,4,6,12,14-15H2,1-3H3,(H,27,28,29,30). The van der Waals surface area contributed by atoms with E-state index >= 15 is 0 Å². The Morgan fingerprint density at radius 3 is 2.58 bits per heavy atom. The first kappa shape index (κ1) is 22.9. The van der Waals surface area contributed by atoms with Crippen LogP contribution >= 0.6 is 11.6 Å². The van der Waals surface area contributed by atoms with E-state index in [9.17, 15) is 4.79 Å². The highest BCUT2D eigenvalue weighted by Crippen LogP contribution is 2.28. The minimum Gasteiger partial charge on any atom is -0.290 e. The maximum absolute atomic E-state index is 13.2. The molecule has 4 rings (SSSR count). The van der Waals surface area contributed by atoms with Crippen molar-refractivity contribution in [1.29, 1.82) is 0 Å². The molecule has 8 nitrogen and oxygen atoms in total. The van der Waals surface area contributed by atoms with Gasteiger partial charge in [-0.3, -0.25) is 14.1 Å². The van der Waals surface area contributed by atoms with Crippen LogP contribution in [-0.2, 0) is 19.5 Å². The monoisotopic (exact) mass is 465 g/mol. The number of imidazole rings is 1. The smallest absolute Gasteiger partial charge is 0.290 e. The minimum atomic E-state index is -0.0435. The number of aromatic nitrogens is 7. The number of nitrogens with one attached hydrogen (secondary N) is 1. The zero-order chi connectivity index (χ0) is 23.4. The molecule has 9 heteroatoms. The second-order valence-electron chi connectivity index (χ2n) is 8.54. The quantitative estimate of drug-likeness (QED) is 0.390. The molecule has 0 aliphatic rings. The number of pyridine rings is 1. The number of H-pyrrole nitrogens is 1. The summed E-state index contributed by atoms with van der Waals surface area (Å²) in [6.45, 7) is 7.51. The van der Waals surface area contributed by atoms with E-state index in [0.717, 1.165) is 47.3 Å². The van der Waals surface area contributed by atoms with Crippen LogP contribution < -0.4 is 5.69 Å². The SMILES string of the molecule is CCCc1c(Cl)n(CCC(C)C)c(=O)n1Cc1ccc(-c2ncccc2-c2nnn[nH]2)cc1. The number of benzene rings is 1. The van der Waals surface area contributed by atoms with Gasteiger partial charge in [0, 0.05) is 23.9 Å². The zero-order valence-corrected chi connectivity index (χ0v) is 19.9. The molecular weight excluding hydrogens is 438 g/mol. The van der Waals surface area contributed by atoms with Crippen LogP contribution in [0.2, 0.25) is 5.15 Å². The number of tetrazole rings is 1. The lowest BCUT2D eigenvalue weighted by Crippen LogP contribution is -2.26. The Balaban J connectivity index is 1.63. The van der Waals surface area contributed by atoms with Crippen molar-refractivity contribution in [3.8, 4) is 22.6 Å². The average molecular weight is 466 g/mol. The van der Waals surface area contributed by atoms with Crippen molar-refractivity contribution >= 4 is 11.6 Å². The summed E-state index contributed by atoms with van der Waals surface area (Å²) in [6, 6.07) is 11.8. The van der Waals surface area contributed by atoms with Gasteiger partial charge < -0.3 is 0 Å². The number of halogens is 1. The molecule has 0 aliphatic carbocycles. The van der Waals surface area contributed by atoms with Gasteiger partial charge in [0.15, 0.2) is 5.82 Å². The summed E-state index contributed by atoms with van der Waals surface area (Å²) in [5, 5.41) is 14.7. The highest BCUT2D eigenvalue weighted by atomic mass is 35.5. The Morgan fingerprint density at radius 2 is 1.91 bits per heavy atom. The predicted molar refractivity (Wildman–Crippen MR) is 129 cm³/mol. The number of nitrogens with zero attached hydrogens (tertiary/aromatic N) is 6. The maximum atomic E-state index is 13.2. The van der Waals surface area contributed by atoms with E-state index in [1.54, 1.807) is 10.8 Å². The molecule has 0 aliphatic heterocycles. The molecule has 0 atom stereocenters. The molecule has 0 saturated heterocycles. The van der Waals surface area contributed by atoms with Crippen molar-refractivity contribution in [1.82, 2.24) is 34.7 Å². The Hall–Kier alpha value is -3.26. The summed E-state index contributed by atoms with van der Waals surface area (Å²) in [4.78, 5) is 17.7. The van der Waals surface area contributed by atoms with Crippen LogP contribution in [0.25, 0.3) is 22.6 Å². The molecule has 0 radical (unpaired) electrons. The Bertz CT molecular complexity index is 1260. The van der Waals surface area contributed by atoms with Crippen LogP contribution in [0.3, 0.4) is 0 Å². The first-order valence-electron chi connectivity index (χ1n) is 11.3. The number of aromatic amines is 1. The van der Waals surface area contributed by atoms with Gasteiger partial charge >= 0.3 is 5.69 Å². The minimum absolute atomic E-state index is 0.0435. The summed E-state index contributed by atoms with van der Waals surface area (Å²) in [5.41, 5.74) is 4.44. The molecule has 0 unspecified atom stereocenters. The van der Waals surface area contributed by atoms with Crippen molar-refractivity contribution in [2.45, 2.75) is 53.1 Å². The molecule has 172 valence electrons. The highest BCUT2D eigenvalue weighted by Gasteiger charge is 2.18. The van der Waals surface area contributed by atoms with Crippen molar-refractivity contribution in [3.63, 3.8) is 0 Å². The fourth-order valence-corrected chi connectivity index (χ4v) is 4.23. The van der Waals surface area contributed by atoms with Crippen molar-refractivity contribution in [3.05, 3.63) is 69.5 Å². The molecule has 0 spiro atoms. The maximum Gasteiger partial charge on any atom is 0.329 e. The fraction of sp³-hybridized carbons (Fsp3) is 0.375. The molecular formula is C24H28ClN7O. The van der Waals surface area contributed by atoms with Gasteiger partial charge in [-0.15, -0.1) is 5.10 Å². The summed E-state index contributed by atoms with van der Waals surface area (Å²) in [7, 11) is 0. The van der Waals surface area contributed by atoms with Gasteiger partial charge in [0.1, 0.15) is 5.15 Å². The molecule has 1 aromatic carbocycles. The van der Waals surface area contributed by atoms with Crippen LogP contribution in [0.1, 0.15) is 44.9 Å². The lowest BCUT2D eigenvalue weighted by atomic mass is 10.0. The lowest BCUT2D eigenvalue weighted by Gasteiger charge is -2.09. The first-order chi connectivity index (χ1) is 16.0. The van der Waals surface area contributed by atoms with Crippen LogP contribution in [0.5, 0.6) is 0 Å². The van der Waals surface area contributed by atoms with Crippen molar-refractivity contribution in [2.24, 2.45) is 5.92 Å². The van der Waals surface area contributed by atoms with Crippen LogP contribution in [0.15, 0.2) is 47.4 Å². The largest absolute Gasteiger partial charge is 0.329 e. The van der Waals surface area contributed by atoms with E-state index in [1.807, 2.05) is 41.0 Å². The van der Waals surface area contributed by atoms with Crippen molar-refractivity contribution < 1.29 is 0 Å². The van der Waals surface area contributed by atoms with Crippen molar-refractivity contribution in [2.75, 3.05) is 0 Å². The van der Waals surface area contributed by atoms with Gasteiger partial charge in [-0.25, -0.2) is 9.89 Å². The van der Waals surface area contributed by atoms with Gasteiger partial charge in [0.2, 0.25) is 0 Å². The molecule has 33 heavy (non-hydrogen) atoms. The Morgan fingerprint density at radius 1 is 1.12 bits per heavy atom. The van der Waals surface area contributed by atoms with Crippen LogP contribution in [-0.4, -0.2) is 34.7 Å².